The van der Waals surface area contributed by atoms with Crippen LogP contribution in [0.2, 0.25) is 0 Å². The van der Waals surface area contributed by atoms with Crippen molar-refractivity contribution in [2.45, 2.75) is 20.3 Å². The first-order valence-electron chi connectivity index (χ1n) is 6.67. The van der Waals surface area contributed by atoms with Gasteiger partial charge >= 0.3 is 5.97 Å². The molecule has 0 spiro atoms. The zero-order valence-corrected chi connectivity index (χ0v) is 13.3. The van der Waals surface area contributed by atoms with E-state index in [-0.39, 0.29) is 37.3 Å². The second kappa shape index (κ2) is 8.41. The minimum atomic E-state index is -0.362. The molecule has 7 heteroatoms. The van der Waals surface area contributed by atoms with E-state index in [4.69, 9.17) is 0 Å². The van der Waals surface area contributed by atoms with E-state index in [2.05, 4.69) is 10.1 Å². The predicted molar refractivity (Wildman–Crippen MR) is 80.3 cm³/mol. The number of thiophene rings is 1. The number of carbonyl (C=O) groups is 3. The average molecular weight is 312 g/mol. The molecule has 0 aliphatic heterocycles. The second-order valence-electron chi connectivity index (χ2n) is 4.39. The molecular formula is C14H20N2O4S. The van der Waals surface area contributed by atoms with Gasteiger partial charge in [0.25, 0.3) is 5.91 Å². The molecule has 0 atom stereocenters. The number of rotatable bonds is 7. The molecule has 0 saturated heterocycles. The summed E-state index contributed by atoms with van der Waals surface area (Å²) in [5, 5.41) is 2.59. The lowest BCUT2D eigenvalue weighted by molar-refractivity contribution is -0.141. The van der Waals surface area contributed by atoms with Gasteiger partial charge in [-0.3, -0.25) is 14.4 Å². The average Bonchev–Trinajstić information content (AvgIpc) is 2.91. The maximum absolute atomic E-state index is 12.0. The quantitative estimate of drug-likeness (QED) is 0.768. The van der Waals surface area contributed by atoms with E-state index in [1.807, 2.05) is 19.9 Å². The Morgan fingerprint density at radius 3 is 2.57 bits per heavy atom. The number of aryl methyl sites for hydroxylation is 1. The first kappa shape index (κ1) is 17.2. The number of esters is 1. The van der Waals surface area contributed by atoms with Crippen molar-refractivity contribution < 1.29 is 19.1 Å². The molecule has 0 saturated carbocycles. The topological polar surface area (TPSA) is 75.7 Å². The summed E-state index contributed by atoms with van der Waals surface area (Å²) in [5.41, 5.74) is 0. The summed E-state index contributed by atoms with van der Waals surface area (Å²) >= 11 is 1.38. The van der Waals surface area contributed by atoms with Gasteiger partial charge in [0.15, 0.2) is 0 Å². The number of likely N-dealkylation sites (N-methyl/N-ethyl adjacent to an activating group) is 1. The Morgan fingerprint density at radius 1 is 1.33 bits per heavy atom. The van der Waals surface area contributed by atoms with Gasteiger partial charge in [-0.2, -0.15) is 0 Å². The molecule has 1 aromatic heterocycles. The van der Waals surface area contributed by atoms with Crippen LogP contribution in [0.5, 0.6) is 0 Å². The predicted octanol–water partition coefficient (Wildman–Crippen LogP) is 1.20. The van der Waals surface area contributed by atoms with Gasteiger partial charge in [-0.15, -0.1) is 11.3 Å². The smallest absolute Gasteiger partial charge is 0.307 e. The summed E-state index contributed by atoms with van der Waals surface area (Å²) in [6.45, 7) is 4.42. The van der Waals surface area contributed by atoms with Crippen molar-refractivity contribution in [2.75, 3.05) is 26.7 Å². The molecule has 116 valence electrons. The fourth-order valence-electron chi connectivity index (χ4n) is 1.70. The maximum Gasteiger partial charge on any atom is 0.307 e. The van der Waals surface area contributed by atoms with Crippen LogP contribution in [0.4, 0.5) is 0 Å². The number of nitrogens with one attached hydrogen (secondary N) is 1. The minimum Gasteiger partial charge on any atom is -0.469 e. The summed E-state index contributed by atoms with van der Waals surface area (Å²) in [6.07, 6.45) is 0.147. The van der Waals surface area contributed by atoms with Crippen LogP contribution in [0.25, 0.3) is 0 Å². The van der Waals surface area contributed by atoms with Gasteiger partial charge in [-0.1, -0.05) is 0 Å². The fraction of sp³-hybridized carbons (Fsp3) is 0.500. The molecule has 0 aliphatic carbocycles. The van der Waals surface area contributed by atoms with E-state index in [0.29, 0.717) is 11.4 Å². The fourth-order valence-corrected chi connectivity index (χ4v) is 2.48. The Balaban J connectivity index is 2.43. The van der Waals surface area contributed by atoms with E-state index in [1.165, 1.54) is 23.3 Å². The largest absolute Gasteiger partial charge is 0.469 e. The van der Waals surface area contributed by atoms with Crippen molar-refractivity contribution in [1.29, 1.82) is 0 Å². The summed E-state index contributed by atoms with van der Waals surface area (Å²) in [4.78, 5) is 38.0. The molecule has 6 nitrogen and oxygen atoms in total. The van der Waals surface area contributed by atoms with Crippen molar-refractivity contribution in [3.8, 4) is 0 Å². The van der Waals surface area contributed by atoms with Gasteiger partial charge in [0.2, 0.25) is 5.91 Å². The number of hydrogen-bond acceptors (Lipinski definition) is 5. The molecule has 1 N–H and O–H groups in total. The second-order valence-corrected chi connectivity index (χ2v) is 5.68. The summed E-state index contributed by atoms with van der Waals surface area (Å²) in [6, 6.07) is 3.59. The van der Waals surface area contributed by atoms with Crippen LogP contribution in [-0.2, 0) is 14.3 Å². The van der Waals surface area contributed by atoms with Crippen molar-refractivity contribution in [2.24, 2.45) is 0 Å². The third kappa shape index (κ3) is 5.55. The number of hydrogen-bond donors (Lipinski definition) is 1. The first-order chi connectivity index (χ1) is 9.97. The lowest BCUT2D eigenvalue weighted by Crippen LogP contribution is -2.41. The molecule has 0 unspecified atom stereocenters. The van der Waals surface area contributed by atoms with Crippen LogP contribution in [0.15, 0.2) is 12.1 Å². The lowest BCUT2D eigenvalue weighted by atomic mass is 10.3. The summed E-state index contributed by atoms with van der Waals surface area (Å²) in [7, 11) is 1.31. The van der Waals surface area contributed by atoms with Crippen LogP contribution in [0.3, 0.4) is 0 Å². The molecular weight excluding hydrogens is 292 g/mol. The van der Waals surface area contributed by atoms with Gasteiger partial charge in [0.1, 0.15) is 0 Å². The van der Waals surface area contributed by atoms with E-state index in [0.717, 1.165) is 4.88 Å². The Bertz CT molecular complexity index is 513. The molecule has 1 aromatic rings. The zero-order valence-electron chi connectivity index (χ0n) is 12.5. The highest BCUT2D eigenvalue weighted by Gasteiger charge is 2.15. The standard InChI is InChI=1S/C14H20N2O4S/c1-4-16(8-7-13(18)20-3)12(17)9-15-14(19)11-6-5-10(2)21-11/h5-6H,4,7-9H2,1-3H3,(H,15,19). The lowest BCUT2D eigenvalue weighted by Gasteiger charge is -2.20. The summed E-state index contributed by atoms with van der Waals surface area (Å²) in [5.74, 6) is -0.840. The van der Waals surface area contributed by atoms with Gasteiger partial charge in [-0.25, -0.2) is 0 Å². The molecule has 0 bridgehead atoms. The van der Waals surface area contributed by atoms with Gasteiger partial charge in [0, 0.05) is 18.0 Å². The number of amides is 2. The van der Waals surface area contributed by atoms with Crippen LogP contribution >= 0.6 is 11.3 Å². The van der Waals surface area contributed by atoms with Crippen molar-refractivity contribution in [3.63, 3.8) is 0 Å². The molecule has 2 amide bonds. The Kier molecular flexibility index (Phi) is 6.87. The van der Waals surface area contributed by atoms with E-state index < -0.39 is 0 Å². The molecule has 0 fully saturated rings. The van der Waals surface area contributed by atoms with E-state index in [9.17, 15) is 14.4 Å². The Labute approximate surface area is 128 Å². The summed E-state index contributed by atoms with van der Waals surface area (Å²) < 4.78 is 4.54. The monoisotopic (exact) mass is 312 g/mol. The van der Waals surface area contributed by atoms with Gasteiger partial charge in [0.05, 0.1) is 25.0 Å². The van der Waals surface area contributed by atoms with Crippen molar-refractivity contribution in [1.82, 2.24) is 10.2 Å². The van der Waals surface area contributed by atoms with Crippen LogP contribution in [0, 0.1) is 6.92 Å². The minimum absolute atomic E-state index is 0.0786. The highest BCUT2D eigenvalue weighted by Crippen LogP contribution is 2.14. The molecule has 21 heavy (non-hydrogen) atoms. The third-order valence-electron chi connectivity index (χ3n) is 2.91. The zero-order chi connectivity index (χ0) is 15.8. The highest BCUT2D eigenvalue weighted by atomic mass is 32.1. The Morgan fingerprint density at radius 2 is 2.05 bits per heavy atom. The van der Waals surface area contributed by atoms with Crippen LogP contribution in [-0.4, -0.2) is 49.4 Å². The van der Waals surface area contributed by atoms with Crippen molar-refractivity contribution >= 4 is 29.1 Å². The molecule has 1 heterocycles. The van der Waals surface area contributed by atoms with E-state index >= 15 is 0 Å². The highest BCUT2D eigenvalue weighted by molar-refractivity contribution is 7.13. The molecule has 0 aromatic carbocycles. The number of nitrogens with zero attached hydrogens (tertiary/aromatic N) is 1. The van der Waals surface area contributed by atoms with Crippen LogP contribution < -0.4 is 5.32 Å². The molecule has 0 aliphatic rings. The maximum atomic E-state index is 12.0. The van der Waals surface area contributed by atoms with Gasteiger partial charge in [-0.05, 0) is 26.0 Å². The van der Waals surface area contributed by atoms with Gasteiger partial charge < -0.3 is 15.0 Å². The molecule has 1 rings (SSSR count). The first-order valence-corrected chi connectivity index (χ1v) is 7.48. The SMILES string of the molecule is CCN(CCC(=O)OC)C(=O)CNC(=O)c1ccc(C)s1. The normalized spacial score (nSPS) is 10.0. The van der Waals surface area contributed by atoms with E-state index in [1.54, 1.807) is 6.07 Å². The molecule has 0 radical (unpaired) electrons. The Hall–Kier alpha value is -1.89. The number of ether oxygens (including phenoxy) is 1. The number of carbonyl (C=O) groups excluding carboxylic acids is 3. The number of methoxy groups -OCH3 is 1. The third-order valence-corrected chi connectivity index (χ3v) is 3.91. The van der Waals surface area contributed by atoms with Crippen LogP contribution in [0.1, 0.15) is 27.9 Å². The van der Waals surface area contributed by atoms with Crippen molar-refractivity contribution in [3.05, 3.63) is 21.9 Å².